The van der Waals surface area contributed by atoms with E-state index in [4.69, 9.17) is 16.3 Å². The zero-order valence-electron chi connectivity index (χ0n) is 22.8. The molecule has 0 aliphatic carbocycles. The van der Waals surface area contributed by atoms with E-state index < -0.39 is 0 Å². The zero-order valence-corrected chi connectivity index (χ0v) is 25.2. The predicted octanol–water partition coefficient (Wildman–Crippen LogP) is 6.38. The van der Waals surface area contributed by atoms with Crippen LogP contribution < -0.4 is 20.3 Å². The molecule has 0 unspecified atom stereocenters. The Labute approximate surface area is 233 Å². The highest BCUT2D eigenvalue weighted by molar-refractivity contribution is 7.98. The summed E-state index contributed by atoms with van der Waals surface area (Å²) in [5.41, 5.74) is 2.99. The molecule has 1 aromatic carbocycles. The van der Waals surface area contributed by atoms with Gasteiger partial charge in [0.2, 0.25) is 17.8 Å². The molecule has 2 N–H and O–H groups in total. The summed E-state index contributed by atoms with van der Waals surface area (Å²) in [6.07, 6.45) is 1.95. The molecule has 2 aromatic heterocycles. The van der Waals surface area contributed by atoms with Gasteiger partial charge >= 0.3 is 0 Å². The first kappa shape index (κ1) is 30.7. The summed E-state index contributed by atoms with van der Waals surface area (Å²) in [4.78, 5) is 27.9. The molecule has 3 rings (SSSR count). The fourth-order valence-corrected chi connectivity index (χ4v) is 4.77. The topological polar surface area (TPSA) is 92.3 Å². The van der Waals surface area contributed by atoms with Gasteiger partial charge in [0.05, 0.1) is 18.5 Å². The maximum atomic E-state index is 12.3. The number of methoxy groups -OCH3 is 1. The average Bonchev–Trinajstić information content (AvgIpc) is 3.29. The lowest BCUT2D eigenvalue weighted by Gasteiger charge is -2.25. The highest BCUT2D eigenvalue weighted by atomic mass is 35.5. The number of benzene rings is 1. The van der Waals surface area contributed by atoms with Crippen molar-refractivity contribution in [3.05, 3.63) is 45.6 Å². The van der Waals surface area contributed by atoms with Crippen molar-refractivity contribution in [1.29, 1.82) is 0 Å². The first-order chi connectivity index (χ1) is 17.5. The van der Waals surface area contributed by atoms with Crippen LogP contribution in [0.25, 0.3) is 0 Å². The van der Waals surface area contributed by atoms with E-state index in [1.807, 2.05) is 56.7 Å². The highest BCUT2D eigenvalue weighted by Crippen LogP contribution is 2.31. The first-order valence-corrected chi connectivity index (χ1v) is 14.5. The Bertz CT molecular complexity index is 1150. The maximum absolute atomic E-state index is 12.3. The number of para-hydroxylation sites is 1. The zero-order chi connectivity index (χ0) is 27.6. The summed E-state index contributed by atoms with van der Waals surface area (Å²) >= 11 is 8.88. The Morgan fingerprint density at radius 2 is 1.78 bits per heavy atom. The number of aryl methyl sites for hydroxylation is 2. The fraction of sp³-hybridized carbons (Fsp3) is 0.462. The molecule has 0 saturated heterocycles. The van der Waals surface area contributed by atoms with Crippen LogP contribution in [0.5, 0.6) is 5.75 Å². The van der Waals surface area contributed by atoms with Crippen molar-refractivity contribution in [2.24, 2.45) is 0 Å². The van der Waals surface area contributed by atoms with E-state index in [0.717, 1.165) is 39.1 Å². The molecule has 0 spiro atoms. The number of hydrogen-bond donors (Lipinski definition) is 2. The third-order valence-electron chi connectivity index (χ3n) is 4.97. The van der Waals surface area contributed by atoms with E-state index >= 15 is 0 Å². The smallest absolute Gasteiger partial charge is 0.242 e. The van der Waals surface area contributed by atoms with E-state index in [2.05, 4.69) is 46.4 Å². The monoisotopic (exact) mass is 564 g/mol. The van der Waals surface area contributed by atoms with Crippen molar-refractivity contribution in [3.8, 4) is 5.75 Å². The molecule has 37 heavy (non-hydrogen) atoms. The number of carbonyl (C=O) groups excluding carboxylic acids is 1. The van der Waals surface area contributed by atoms with E-state index in [9.17, 15) is 4.79 Å². The Morgan fingerprint density at radius 3 is 2.32 bits per heavy atom. The van der Waals surface area contributed by atoms with Crippen LogP contribution in [0.3, 0.4) is 0 Å². The Balaban J connectivity index is 0.000000271. The molecule has 0 atom stereocenters. The number of carbonyl (C=O) groups is 1. The molecule has 11 heteroatoms. The number of halogens is 1. The Kier molecular flexibility index (Phi) is 11.9. The molecular formula is C26H37ClN6O2S2. The fourth-order valence-electron chi connectivity index (χ4n) is 3.44. The number of alkyl halides is 1. The van der Waals surface area contributed by atoms with Gasteiger partial charge in [-0.15, -0.1) is 22.9 Å². The molecule has 8 nitrogen and oxygen atoms in total. The quantitative estimate of drug-likeness (QED) is 0.228. The van der Waals surface area contributed by atoms with Gasteiger partial charge in [-0.2, -0.15) is 15.0 Å². The van der Waals surface area contributed by atoms with Gasteiger partial charge < -0.3 is 20.3 Å². The van der Waals surface area contributed by atoms with E-state index in [1.165, 1.54) is 11.8 Å². The molecule has 0 fully saturated rings. The van der Waals surface area contributed by atoms with E-state index in [-0.39, 0.29) is 17.3 Å². The molecular weight excluding hydrogens is 528 g/mol. The van der Waals surface area contributed by atoms with Gasteiger partial charge in [-0.05, 0) is 70.4 Å². The maximum Gasteiger partial charge on any atom is 0.242 e. The van der Waals surface area contributed by atoms with Crippen molar-refractivity contribution >= 4 is 58.2 Å². The van der Waals surface area contributed by atoms with Crippen LogP contribution in [0.2, 0.25) is 0 Å². The molecule has 0 aliphatic rings. The number of rotatable bonds is 9. The SMILES string of the molecule is CCNc1nc(NC(C)(C)C)nc(SC)n1.COc1ccsc1CN(C(=O)CCl)c1c(C)cccc1C. The van der Waals surface area contributed by atoms with Crippen molar-refractivity contribution < 1.29 is 9.53 Å². The summed E-state index contributed by atoms with van der Waals surface area (Å²) in [6.45, 7) is 13.5. The molecule has 1 amide bonds. The van der Waals surface area contributed by atoms with Crippen LogP contribution in [0.1, 0.15) is 43.7 Å². The van der Waals surface area contributed by atoms with Gasteiger partial charge in [0, 0.05) is 17.8 Å². The van der Waals surface area contributed by atoms with Crippen molar-refractivity contribution in [2.75, 3.05) is 41.3 Å². The van der Waals surface area contributed by atoms with Crippen molar-refractivity contribution in [1.82, 2.24) is 15.0 Å². The van der Waals surface area contributed by atoms with Gasteiger partial charge in [0.15, 0.2) is 5.16 Å². The minimum Gasteiger partial charge on any atom is -0.496 e. The van der Waals surface area contributed by atoms with Crippen molar-refractivity contribution in [3.63, 3.8) is 0 Å². The summed E-state index contributed by atoms with van der Waals surface area (Å²) in [5, 5.41) is 9.01. The number of amides is 1. The highest BCUT2D eigenvalue weighted by Gasteiger charge is 2.21. The normalized spacial score (nSPS) is 10.8. The molecule has 0 saturated carbocycles. The minimum atomic E-state index is -0.107. The average molecular weight is 565 g/mol. The van der Waals surface area contributed by atoms with Gasteiger partial charge in [-0.3, -0.25) is 4.79 Å². The van der Waals surface area contributed by atoms with Crippen LogP contribution in [-0.4, -0.2) is 52.2 Å². The molecule has 3 aromatic rings. The third-order valence-corrected chi connectivity index (χ3v) is 6.63. The van der Waals surface area contributed by atoms with Crippen LogP contribution in [0.15, 0.2) is 34.8 Å². The van der Waals surface area contributed by atoms with Crippen LogP contribution in [0.4, 0.5) is 17.6 Å². The molecule has 0 aliphatic heterocycles. The summed E-state index contributed by atoms with van der Waals surface area (Å²) in [6, 6.07) is 7.91. The van der Waals surface area contributed by atoms with E-state index in [0.29, 0.717) is 18.4 Å². The van der Waals surface area contributed by atoms with Crippen LogP contribution in [-0.2, 0) is 11.3 Å². The molecule has 0 bridgehead atoms. The number of aromatic nitrogens is 3. The predicted molar refractivity (Wildman–Crippen MR) is 158 cm³/mol. The van der Waals surface area contributed by atoms with Gasteiger partial charge in [0.1, 0.15) is 11.6 Å². The Hall–Kier alpha value is -2.56. The second-order valence-electron chi connectivity index (χ2n) is 9.14. The number of anilines is 3. The molecule has 2 heterocycles. The van der Waals surface area contributed by atoms with Gasteiger partial charge in [-0.25, -0.2) is 0 Å². The standard InChI is InChI=1S/C16H18ClNO2S.C10H19N5S/c1-11-5-4-6-12(2)16(11)18(15(19)9-17)10-14-13(20-3)7-8-21-14;1-6-11-7-12-8(15-10(2,3)4)14-9(13-7)16-5/h4-8H,9-10H2,1-3H3;6H2,1-5H3,(H2,11,12,13,14,15). The number of hydrogen-bond acceptors (Lipinski definition) is 9. The number of nitrogens with one attached hydrogen (secondary N) is 2. The summed E-state index contributed by atoms with van der Waals surface area (Å²) in [7, 11) is 1.64. The summed E-state index contributed by atoms with van der Waals surface area (Å²) in [5.74, 6) is 1.89. The second kappa shape index (κ2) is 14.4. The largest absolute Gasteiger partial charge is 0.496 e. The van der Waals surface area contributed by atoms with Gasteiger partial charge in [-0.1, -0.05) is 30.0 Å². The lowest BCUT2D eigenvalue weighted by molar-refractivity contribution is -0.116. The number of thioether (sulfide) groups is 1. The molecule has 202 valence electrons. The number of nitrogens with zero attached hydrogens (tertiary/aromatic N) is 4. The first-order valence-electron chi connectivity index (χ1n) is 11.9. The minimum absolute atomic E-state index is 0.0402. The number of thiophene rings is 1. The molecule has 0 radical (unpaired) electrons. The van der Waals surface area contributed by atoms with Crippen molar-refractivity contribution in [2.45, 2.75) is 58.8 Å². The third kappa shape index (κ3) is 9.36. The van der Waals surface area contributed by atoms with Crippen LogP contribution >= 0.6 is 34.7 Å². The lowest BCUT2D eigenvalue weighted by atomic mass is 10.1. The van der Waals surface area contributed by atoms with E-state index in [1.54, 1.807) is 23.3 Å². The summed E-state index contributed by atoms with van der Waals surface area (Å²) < 4.78 is 5.34. The van der Waals surface area contributed by atoms with Crippen LogP contribution in [0, 0.1) is 13.8 Å². The number of ether oxygens (including phenoxy) is 1. The second-order valence-corrected chi connectivity index (χ2v) is 11.2. The van der Waals surface area contributed by atoms with Gasteiger partial charge in [0.25, 0.3) is 0 Å². The Morgan fingerprint density at radius 1 is 1.14 bits per heavy atom. The lowest BCUT2D eigenvalue weighted by Crippen LogP contribution is -2.32.